The molecule has 130 valence electrons. The monoisotopic (exact) mass is 374 g/mol. The van der Waals surface area contributed by atoms with Gasteiger partial charge in [-0.25, -0.2) is 0 Å². The number of aromatic amines is 1. The third-order valence-electron chi connectivity index (χ3n) is 4.96. The molecule has 0 spiro atoms. The molecule has 2 N–H and O–H groups in total. The molecule has 3 aromatic rings. The van der Waals surface area contributed by atoms with Crippen LogP contribution in [0.25, 0.3) is 10.9 Å². The van der Waals surface area contributed by atoms with Gasteiger partial charge in [-0.3, -0.25) is 4.79 Å². The molecule has 1 fully saturated rings. The van der Waals surface area contributed by atoms with E-state index in [1.165, 1.54) is 0 Å². The maximum absolute atomic E-state index is 12.8. The molecule has 1 amide bonds. The summed E-state index contributed by atoms with van der Waals surface area (Å²) in [5.74, 6) is 0.131. The SMILES string of the molecule is O=C(c1[nH]c2ccccc2c1Cl)N1CCC([C@@H](O)c2cccs2)CC1. The molecule has 1 aliphatic heterocycles. The predicted octanol–water partition coefficient (Wildman–Crippen LogP) is 4.47. The summed E-state index contributed by atoms with van der Waals surface area (Å²) < 4.78 is 0. The molecule has 4 nitrogen and oxygen atoms in total. The lowest BCUT2D eigenvalue weighted by atomic mass is 9.90. The smallest absolute Gasteiger partial charge is 0.271 e. The number of nitrogens with one attached hydrogen (secondary N) is 1. The maximum Gasteiger partial charge on any atom is 0.271 e. The van der Waals surface area contributed by atoms with E-state index in [0.717, 1.165) is 28.6 Å². The zero-order valence-corrected chi connectivity index (χ0v) is 15.2. The van der Waals surface area contributed by atoms with E-state index in [9.17, 15) is 9.90 Å². The number of hydrogen-bond donors (Lipinski definition) is 2. The topological polar surface area (TPSA) is 56.3 Å². The van der Waals surface area contributed by atoms with Crippen molar-refractivity contribution in [3.05, 3.63) is 57.4 Å². The highest BCUT2D eigenvalue weighted by Crippen LogP contribution is 2.34. The van der Waals surface area contributed by atoms with Crippen molar-refractivity contribution in [2.24, 2.45) is 5.92 Å². The Morgan fingerprint density at radius 1 is 1.24 bits per heavy atom. The second-order valence-electron chi connectivity index (χ2n) is 6.45. The first-order valence-corrected chi connectivity index (χ1v) is 9.68. The van der Waals surface area contributed by atoms with Crippen LogP contribution >= 0.6 is 22.9 Å². The van der Waals surface area contributed by atoms with Gasteiger partial charge in [-0.05, 0) is 36.3 Å². The lowest BCUT2D eigenvalue weighted by molar-refractivity contribution is 0.0471. The Morgan fingerprint density at radius 3 is 2.68 bits per heavy atom. The molecule has 0 saturated carbocycles. The fourth-order valence-electron chi connectivity index (χ4n) is 3.52. The number of aliphatic hydroxyl groups is 1. The highest BCUT2D eigenvalue weighted by atomic mass is 35.5. The Bertz CT molecular complexity index is 882. The van der Waals surface area contributed by atoms with Gasteiger partial charge in [-0.2, -0.15) is 0 Å². The molecule has 4 rings (SSSR count). The van der Waals surface area contributed by atoms with Crippen molar-refractivity contribution < 1.29 is 9.90 Å². The summed E-state index contributed by atoms with van der Waals surface area (Å²) in [7, 11) is 0. The van der Waals surface area contributed by atoms with Gasteiger partial charge in [0, 0.05) is 28.9 Å². The van der Waals surface area contributed by atoms with Crippen LogP contribution in [0.15, 0.2) is 41.8 Å². The summed E-state index contributed by atoms with van der Waals surface area (Å²) >= 11 is 7.98. The Morgan fingerprint density at radius 2 is 2.00 bits per heavy atom. The van der Waals surface area contributed by atoms with E-state index >= 15 is 0 Å². The molecule has 1 aromatic carbocycles. The zero-order chi connectivity index (χ0) is 17.4. The fourth-order valence-corrected chi connectivity index (χ4v) is 4.62. The molecule has 0 bridgehead atoms. The maximum atomic E-state index is 12.8. The first-order valence-electron chi connectivity index (χ1n) is 8.42. The third kappa shape index (κ3) is 3.08. The third-order valence-corrected chi connectivity index (χ3v) is 6.30. The number of benzene rings is 1. The van der Waals surface area contributed by atoms with Gasteiger partial charge in [-0.1, -0.05) is 35.9 Å². The Kier molecular flexibility index (Phi) is 4.54. The first kappa shape index (κ1) is 16.6. The van der Waals surface area contributed by atoms with Gasteiger partial charge in [0.2, 0.25) is 0 Å². The van der Waals surface area contributed by atoms with Gasteiger partial charge in [0.25, 0.3) is 5.91 Å². The van der Waals surface area contributed by atoms with Crippen LogP contribution in [0.3, 0.4) is 0 Å². The van der Waals surface area contributed by atoms with Crippen LogP contribution in [0.1, 0.15) is 34.3 Å². The number of likely N-dealkylation sites (tertiary alicyclic amines) is 1. The number of para-hydroxylation sites is 1. The Hall–Kier alpha value is -1.82. The van der Waals surface area contributed by atoms with E-state index in [1.54, 1.807) is 11.3 Å². The number of aliphatic hydroxyl groups excluding tert-OH is 1. The van der Waals surface area contributed by atoms with Gasteiger partial charge in [0.1, 0.15) is 5.69 Å². The van der Waals surface area contributed by atoms with E-state index < -0.39 is 6.10 Å². The van der Waals surface area contributed by atoms with Gasteiger partial charge in [0.15, 0.2) is 0 Å². The molecule has 1 saturated heterocycles. The zero-order valence-electron chi connectivity index (χ0n) is 13.6. The quantitative estimate of drug-likeness (QED) is 0.710. The minimum Gasteiger partial charge on any atom is -0.387 e. The van der Waals surface area contributed by atoms with Crippen LogP contribution in [0.5, 0.6) is 0 Å². The van der Waals surface area contributed by atoms with Crippen LogP contribution in [0.4, 0.5) is 0 Å². The molecular weight excluding hydrogens is 356 g/mol. The lowest BCUT2D eigenvalue weighted by Gasteiger charge is -2.33. The largest absolute Gasteiger partial charge is 0.387 e. The van der Waals surface area contributed by atoms with Crippen molar-refractivity contribution in [3.8, 4) is 0 Å². The number of hydrogen-bond acceptors (Lipinski definition) is 3. The predicted molar refractivity (Wildman–Crippen MR) is 101 cm³/mol. The standard InChI is InChI=1S/C19H19ClN2O2S/c20-16-13-4-1-2-5-14(13)21-17(16)19(24)22-9-7-12(8-10-22)18(23)15-6-3-11-25-15/h1-6,11-12,18,21,23H,7-10H2/t18-/m1/s1. The van der Waals surface area contributed by atoms with Crippen molar-refractivity contribution in [1.29, 1.82) is 0 Å². The van der Waals surface area contributed by atoms with Crippen molar-refractivity contribution in [3.63, 3.8) is 0 Å². The summed E-state index contributed by atoms with van der Waals surface area (Å²) in [6.07, 6.45) is 1.15. The molecule has 0 aliphatic carbocycles. The molecule has 25 heavy (non-hydrogen) atoms. The molecule has 0 unspecified atom stereocenters. The number of fused-ring (bicyclic) bond motifs is 1. The van der Waals surface area contributed by atoms with E-state index in [4.69, 9.17) is 11.6 Å². The molecule has 1 aliphatic rings. The molecule has 3 heterocycles. The minimum absolute atomic E-state index is 0.0646. The number of piperidine rings is 1. The highest BCUT2D eigenvalue weighted by Gasteiger charge is 2.30. The number of carbonyl (C=O) groups excluding carboxylic acids is 1. The average Bonchev–Trinajstić information content (AvgIpc) is 3.30. The van der Waals surface area contributed by atoms with Crippen molar-refractivity contribution in [2.75, 3.05) is 13.1 Å². The molecule has 1 atom stereocenters. The lowest BCUT2D eigenvalue weighted by Crippen LogP contribution is -2.40. The number of thiophene rings is 1. The second kappa shape index (κ2) is 6.83. The van der Waals surface area contributed by atoms with Crippen LogP contribution in [-0.4, -0.2) is 34.0 Å². The summed E-state index contributed by atoms with van der Waals surface area (Å²) in [5, 5.41) is 13.8. The van der Waals surface area contributed by atoms with Crippen LogP contribution < -0.4 is 0 Å². The molecule has 0 radical (unpaired) electrons. The number of amides is 1. The number of H-pyrrole nitrogens is 1. The number of aromatic nitrogens is 1. The van der Waals surface area contributed by atoms with E-state index in [0.29, 0.717) is 23.8 Å². The normalized spacial score (nSPS) is 17.1. The number of halogens is 1. The van der Waals surface area contributed by atoms with Crippen molar-refractivity contribution in [1.82, 2.24) is 9.88 Å². The molecule has 6 heteroatoms. The Balaban J connectivity index is 1.46. The molecular formula is C19H19ClN2O2S. The van der Waals surface area contributed by atoms with E-state index in [1.807, 2.05) is 46.7 Å². The first-order chi connectivity index (χ1) is 12.1. The summed E-state index contributed by atoms with van der Waals surface area (Å²) in [5.41, 5.74) is 1.33. The highest BCUT2D eigenvalue weighted by molar-refractivity contribution is 7.10. The summed E-state index contributed by atoms with van der Waals surface area (Å²) in [6, 6.07) is 11.6. The van der Waals surface area contributed by atoms with Gasteiger partial charge >= 0.3 is 0 Å². The summed E-state index contributed by atoms with van der Waals surface area (Å²) in [6.45, 7) is 1.27. The van der Waals surface area contributed by atoms with Crippen LogP contribution in [-0.2, 0) is 0 Å². The van der Waals surface area contributed by atoms with Gasteiger partial charge in [0.05, 0.1) is 11.1 Å². The summed E-state index contributed by atoms with van der Waals surface area (Å²) in [4.78, 5) is 18.8. The molecule has 2 aromatic heterocycles. The van der Waals surface area contributed by atoms with Crippen molar-refractivity contribution in [2.45, 2.75) is 18.9 Å². The average molecular weight is 375 g/mol. The number of nitrogens with zero attached hydrogens (tertiary/aromatic N) is 1. The fraction of sp³-hybridized carbons (Fsp3) is 0.316. The van der Waals surface area contributed by atoms with Crippen LogP contribution in [0.2, 0.25) is 5.02 Å². The Labute approximate surface area is 155 Å². The van der Waals surface area contributed by atoms with E-state index in [-0.39, 0.29) is 11.8 Å². The van der Waals surface area contributed by atoms with Crippen LogP contribution in [0, 0.1) is 5.92 Å². The number of carbonyl (C=O) groups is 1. The van der Waals surface area contributed by atoms with E-state index in [2.05, 4.69) is 4.98 Å². The van der Waals surface area contributed by atoms with Gasteiger partial charge < -0.3 is 15.0 Å². The van der Waals surface area contributed by atoms with Crippen molar-refractivity contribution >= 4 is 39.7 Å². The number of rotatable bonds is 3. The second-order valence-corrected chi connectivity index (χ2v) is 7.81. The van der Waals surface area contributed by atoms with Gasteiger partial charge in [-0.15, -0.1) is 11.3 Å². The minimum atomic E-state index is -0.436.